The maximum Gasteiger partial charge on any atom is 0.244 e. The lowest BCUT2D eigenvalue weighted by atomic mass is 9.49. The van der Waals surface area contributed by atoms with E-state index < -0.39 is 0 Å². The van der Waals surface area contributed by atoms with E-state index in [1.165, 1.54) is 19.3 Å². The predicted molar refractivity (Wildman–Crippen MR) is 105 cm³/mol. The Labute approximate surface area is 159 Å². The predicted octanol–water partition coefficient (Wildman–Crippen LogP) is 3.75. The van der Waals surface area contributed by atoms with Crippen LogP contribution < -0.4 is 10.9 Å². The zero-order valence-corrected chi connectivity index (χ0v) is 15.5. The summed E-state index contributed by atoms with van der Waals surface area (Å²) in [4.78, 5) is 25.4. The van der Waals surface area contributed by atoms with Crippen LogP contribution in [0.15, 0.2) is 42.5 Å². The third kappa shape index (κ3) is 3.01. The van der Waals surface area contributed by atoms with E-state index in [4.69, 9.17) is 0 Å². The van der Waals surface area contributed by atoms with Gasteiger partial charge >= 0.3 is 0 Å². The smallest absolute Gasteiger partial charge is 0.244 e. The average molecular weight is 362 g/mol. The molecule has 0 aliphatic heterocycles. The molecule has 0 unspecified atom stereocenters. The van der Waals surface area contributed by atoms with Crippen LogP contribution in [0.4, 0.5) is 0 Å². The van der Waals surface area contributed by atoms with Crippen molar-refractivity contribution in [3.8, 4) is 0 Å². The second-order valence-electron chi connectivity index (χ2n) is 9.02. The fourth-order valence-corrected chi connectivity index (χ4v) is 6.31. The molecule has 4 heteroatoms. The number of nitrogens with one attached hydrogen (secondary N) is 2. The van der Waals surface area contributed by atoms with Crippen molar-refractivity contribution < 1.29 is 9.59 Å². The minimum atomic E-state index is -0.235. The summed E-state index contributed by atoms with van der Waals surface area (Å²) in [5.74, 6) is 2.02. The van der Waals surface area contributed by atoms with Crippen molar-refractivity contribution in [3.63, 3.8) is 0 Å². The van der Waals surface area contributed by atoms with E-state index in [0.717, 1.165) is 35.6 Å². The summed E-state index contributed by atoms with van der Waals surface area (Å²) in [7, 11) is 0. The Kier molecular flexibility index (Phi) is 3.96. The minimum Gasteiger partial charge on any atom is -0.273 e. The lowest BCUT2D eigenvalue weighted by Crippen LogP contribution is -2.56. The van der Waals surface area contributed by atoms with E-state index in [1.807, 2.05) is 42.5 Å². The second kappa shape index (κ2) is 6.36. The summed E-state index contributed by atoms with van der Waals surface area (Å²) in [6.45, 7) is 0. The van der Waals surface area contributed by atoms with Crippen LogP contribution in [-0.2, 0) is 16.0 Å². The lowest BCUT2D eigenvalue weighted by molar-refractivity contribution is -0.148. The van der Waals surface area contributed by atoms with Gasteiger partial charge < -0.3 is 0 Å². The molecule has 0 atom stereocenters. The van der Waals surface area contributed by atoms with Crippen molar-refractivity contribution in [3.05, 3.63) is 48.0 Å². The summed E-state index contributed by atoms with van der Waals surface area (Å²) in [5.41, 5.74) is 6.20. The van der Waals surface area contributed by atoms with Gasteiger partial charge in [0.1, 0.15) is 0 Å². The van der Waals surface area contributed by atoms with Crippen LogP contribution in [0.3, 0.4) is 0 Å². The van der Waals surface area contributed by atoms with Crippen LogP contribution in [0.2, 0.25) is 0 Å². The molecule has 4 aliphatic carbocycles. The summed E-state index contributed by atoms with van der Waals surface area (Å²) in [6, 6.07) is 14.1. The first-order chi connectivity index (χ1) is 13.1. The fourth-order valence-electron chi connectivity index (χ4n) is 6.31. The molecule has 6 rings (SSSR count). The van der Waals surface area contributed by atoms with E-state index in [9.17, 15) is 9.59 Å². The second-order valence-corrected chi connectivity index (χ2v) is 9.02. The molecule has 4 bridgehead atoms. The first kappa shape index (κ1) is 16.8. The van der Waals surface area contributed by atoms with Gasteiger partial charge in [0.15, 0.2) is 0 Å². The molecule has 0 radical (unpaired) electrons. The molecular formula is C23H26N2O2. The highest BCUT2D eigenvalue weighted by Crippen LogP contribution is 2.60. The Morgan fingerprint density at radius 2 is 1.48 bits per heavy atom. The van der Waals surface area contributed by atoms with E-state index in [2.05, 4.69) is 10.9 Å². The number of hydrogen-bond acceptors (Lipinski definition) is 2. The van der Waals surface area contributed by atoms with Crippen molar-refractivity contribution in [1.29, 1.82) is 0 Å². The monoisotopic (exact) mass is 362 g/mol. The molecule has 27 heavy (non-hydrogen) atoms. The van der Waals surface area contributed by atoms with E-state index in [0.29, 0.717) is 17.8 Å². The first-order valence-electron chi connectivity index (χ1n) is 10.2. The normalized spacial score (nSPS) is 31.0. The van der Waals surface area contributed by atoms with E-state index >= 15 is 0 Å². The van der Waals surface area contributed by atoms with Crippen LogP contribution in [0.1, 0.15) is 44.1 Å². The highest BCUT2D eigenvalue weighted by atomic mass is 16.2. The number of fused-ring (bicyclic) bond motifs is 1. The molecule has 4 fully saturated rings. The molecule has 140 valence electrons. The Bertz CT molecular complexity index is 864. The summed E-state index contributed by atoms with van der Waals surface area (Å²) >= 11 is 0. The Balaban J connectivity index is 1.24. The minimum absolute atomic E-state index is 0.0351. The summed E-state index contributed by atoms with van der Waals surface area (Å²) in [5, 5.41) is 2.21. The van der Waals surface area contributed by atoms with Gasteiger partial charge in [0.2, 0.25) is 11.8 Å². The molecule has 2 amide bonds. The molecule has 4 saturated carbocycles. The Hall–Kier alpha value is -2.36. The van der Waals surface area contributed by atoms with Gasteiger partial charge in [-0.05, 0) is 72.6 Å². The lowest BCUT2D eigenvalue weighted by Gasteiger charge is -2.55. The van der Waals surface area contributed by atoms with Crippen molar-refractivity contribution >= 4 is 22.6 Å². The maximum atomic E-state index is 12.9. The topological polar surface area (TPSA) is 58.2 Å². The van der Waals surface area contributed by atoms with Crippen LogP contribution in [0.5, 0.6) is 0 Å². The molecule has 0 heterocycles. The number of hydrazine groups is 1. The number of benzene rings is 2. The summed E-state index contributed by atoms with van der Waals surface area (Å²) in [6.07, 6.45) is 7.19. The Morgan fingerprint density at radius 1 is 0.852 bits per heavy atom. The van der Waals surface area contributed by atoms with E-state index in [1.54, 1.807) is 0 Å². The highest BCUT2D eigenvalue weighted by Gasteiger charge is 2.54. The number of hydrogen-bond donors (Lipinski definition) is 2. The van der Waals surface area contributed by atoms with E-state index in [-0.39, 0.29) is 23.7 Å². The van der Waals surface area contributed by atoms with Gasteiger partial charge in [-0.2, -0.15) is 0 Å². The number of amides is 2. The first-order valence-corrected chi connectivity index (χ1v) is 10.2. The third-order valence-electron chi connectivity index (χ3n) is 7.07. The number of carbonyl (C=O) groups is 2. The summed E-state index contributed by atoms with van der Waals surface area (Å²) < 4.78 is 0. The van der Waals surface area contributed by atoms with Crippen LogP contribution in [0.25, 0.3) is 10.8 Å². The SMILES string of the molecule is O=C(Cc1cccc2ccccc12)NNC(=O)C12CC3CC(CC(C3)C1)C2. The fraction of sp³-hybridized carbons (Fsp3) is 0.478. The largest absolute Gasteiger partial charge is 0.273 e. The number of carbonyl (C=O) groups excluding carboxylic acids is 2. The molecule has 0 saturated heterocycles. The van der Waals surface area contributed by atoms with Crippen molar-refractivity contribution in [2.24, 2.45) is 23.2 Å². The van der Waals surface area contributed by atoms with Gasteiger partial charge in [0.25, 0.3) is 0 Å². The van der Waals surface area contributed by atoms with Gasteiger partial charge in [-0.15, -0.1) is 0 Å². The van der Waals surface area contributed by atoms with Gasteiger partial charge in [-0.3, -0.25) is 20.4 Å². The van der Waals surface area contributed by atoms with Crippen molar-refractivity contribution in [1.82, 2.24) is 10.9 Å². The third-order valence-corrected chi connectivity index (χ3v) is 7.07. The molecular weight excluding hydrogens is 336 g/mol. The molecule has 2 N–H and O–H groups in total. The van der Waals surface area contributed by atoms with Crippen LogP contribution in [0, 0.1) is 23.2 Å². The van der Waals surface area contributed by atoms with Gasteiger partial charge in [0.05, 0.1) is 11.8 Å². The van der Waals surface area contributed by atoms with Gasteiger partial charge in [-0.1, -0.05) is 42.5 Å². The van der Waals surface area contributed by atoms with Crippen molar-refractivity contribution in [2.45, 2.75) is 44.9 Å². The standard InChI is InChI=1S/C23H26N2O2/c26-21(11-19-6-3-5-18-4-1-2-7-20(18)19)24-25-22(27)23-12-15-8-16(13-23)10-17(9-15)14-23/h1-7,15-17H,8-14H2,(H,24,26)(H,25,27). The molecule has 2 aromatic carbocycles. The van der Waals surface area contributed by atoms with Gasteiger partial charge in [-0.25, -0.2) is 0 Å². The molecule has 4 nitrogen and oxygen atoms in total. The molecule has 0 aromatic heterocycles. The van der Waals surface area contributed by atoms with Gasteiger partial charge in [0, 0.05) is 0 Å². The highest BCUT2D eigenvalue weighted by molar-refractivity contribution is 5.91. The molecule has 2 aromatic rings. The molecule has 4 aliphatic rings. The van der Waals surface area contributed by atoms with Crippen LogP contribution in [-0.4, -0.2) is 11.8 Å². The van der Waals surface area contributed by atoms with Crippen molar-refractivity contribution in [2.75, 3.05) is 0 Å². The average Bonchev–Trinajstić information content (AvgIpc) is 2.65. The quantitative estimate of drug-likeness (QED) is 0.817. The zero-order chi connectivity index (χ0) is 18.4. The maximum absolute atomic E-state index is 12.9. The number of rotatable bonds is 3. The zero-order valence-electron chi connectivity index (χ0n) is 15.5. The Morgan fingerprint density at radius 3 is 2.19 bits per heavy atom. The molecule has 0 spiro atoms. The van der Waals surface area contributed by atoms with Crippen LogP contribution >= 0.6 is 0 Å².